The molecule has 1 saturated carbocycles. The van der Waals surface area contributed by atoms with Gasteiger partial charge in [0.05, 0.1) is 9.26 Å². The first-order valence-electron chi connectivity index (χ1n) is 6.56. The molecule has 1 aromatic heterocycles. The fraction of sp³-hybridized carbons (Fsp3) is 0.692. The molecule has 0 unspecified atom stereocenters. The maximum absolute atomic E-state index is 4.76. The van der Waals surface area contributed by atoms with Gasteiger partial charge in [-0.1, -0.05) is 19.8 Å². The molecule has 0 amide bonds. The van der Waals surface area contributed by atoms with Gasteiger partial charge >= 0.3 is 0 Å². The second-order valence-corrected chi connectivity index (χ2v) is 5.64. The van der Waals surface area contributed by atoms with E-state index in [-0.39, 0.29) is 0 Å². The predicted octanol–water partition coefficient (Wildman–Crippen LogP) is 3.73. The van der Waals surface area contributed by atoms with Crippen molar-refractivity contribution in [1.82, 2.24) is 9.97 Å². The highest BCUT2D eigenvalue weighted by Crippen LogP contribution is 2.33. The van der Waals surface area contributed by atoms with Crippen LogP contribution >= 0.6 is 22.6 Å². The average molecular weight is 345 g/mol. The molecule has 4 heteroatoms. The largest absolute Gasteiger partial charge is 0.369 e. The van der Waals surface area contributed by atoms with E-state index in [1.807, 2.05) is 0 Å². The van der Waals surface area contributed by atoms with Crippen molar-refractivity contribution in [3.63, 3.8) is 0 Å². The lowest BCUT2D eigenvalue weighted by molar-refractivity contribution is 0.660. The molecule has 3 nitrogen and oxygen atoms in total. The summed E-state index contributed by atoms with van der Waals surface area (Å²) in [4.78, 5) is 9.48. The second-order valence-electron chi connectivity index (χ2n) is 4.56. The Morgan fingerprint density at radius 3 is 2.53 bits per heavy atom. The van der Waals surface area contributed by atoms with Crippen LogP contribution < -0.4 is 5.32 Å². The van der Waals surface area contributed by atoms with E-state index in [1.54, 1.807) is 0 Å². The highest BCUT2D eigenvalue weighted by molar-refractivity contribution is 14.1. The molecule has 0 aliphatic heterocycles. The van der Waals surface area contributed by atoms with E-state index in [9.17, 15) is 0 Å². The topological polar surface area (TPSA) is 37.8 Å². The van der Waals surface area contributed by atoms with Crippen LogP contribution in [-0.4, -0.2) is 16.5 Å². The molecule has 1 N–H and O–H groups in total. The zero-order chi connectivity index (χ0) is 12.3. The summed E-state index contributed by atoms with van der Waals surface area (Å²) in [6.45, 7) is 5.19. The molecule has 0 aromatic carbocycles. The number of hydrogen-bond donors (Lipinski definition) is 1. The van der Waals surface area contributed by atoms with E-state index in [1.165, 1.54) is 34.9 Å². The van der Waals surface area contributed by atoms with Gasteiger partial charge in [-0.2, -0.15) is 0 Å². The first-order chi connectivity index (χ1) is 8.26. The Hall–Kier alpha value is -0.390. The summed E-state index contributed by atoms with van der Waals surface area (Å²) in [6.07, 6.45) is 6.17. The van der Waals surface area contributed by atoms with Gasteiger partial charge in [0.25, 0.3) is 0 Å². The smallest absolute Gasteiger partial charge is 0.143 e. The molecule has 0 spiro atoms. The van der Waals surface area contributed by atoms with Crippen molar-refractivity contribution < 1.29 is 0 Å². The van der Waals surface area contributed by atoms with Gasteiger partial charge in [0.2, 0.25) is 0 Å². The maximum atomic E-state index is 4.76. The third kappa shape index (κ3) is 2.89. The van der Waals surface area contributed by atoms with Gasteiger partial charge in [-0.3, -0.25) is 0 Å². The number of nitrogens with zero attached hydrogens (tertiary/aromatic N) is 2. The van der Waals surface area contributed by atoms with E-state index < -0.39 is 0 Å². The quantitative estimate of drug-likeness (QED) is 0.845. The minimum Gasteiger partial charge on any atom is -0.369 e. The Balaban J connectivity index is 2.35. The molecule has 0 bridgehead atoms. The van der Waals surface area contributed by atoms with Crippen LogP contribution in [0.5, 0.6) is 0 Å². The molecule has 94 valence electrons. The minimum absolute atomic E-state index is 0.592. The molecule has 1 fully saturated rings. The van der Waals surface area contributed by atoms with Crippen LogP contribution in [0.2, 0.25) is 0 Å². The fourth-order valence-electron chi connectivity index (χ4n) is 2.40. The first-order valence-corrected chi connectivity index (χ1v) is 7.64. The summed E-state index contributed by atoms with van der Waals surface area (Å²) in [5, 5.41) is 3.36. The Morgan fingerprint density at radius 1 is 1.24 bits per heavy atom. The molecule has 0 atom stereocenters. The summed E-state index contributed by atoms with van der Waals surface area (Å²) in [5.41, 5.74) is 1.19. The number of rotatable bonds is 4. The number of anilines is 1. The third-order valence-electron chi connectivity index (χ3n) is 3.34. The lowest BCUT2D eigenvalue weighted by atomic mass is 10.1. The molecular weight excluding hydrogens is 325 g/mol. The Labute approximate surface area is 117 Å². The van der Waals surface area contributed by atoms with Crippen molar-refractivity contribution in [3.8, 4) is 0 Å². The SMILES string of the molecule is CCNc1nc(C2CCCC2)nc(CC)c1I. The summed E-state index contributed by atoms with van der Waals surface area (Å²) >= 11 is 2.36. The maximum Gasteiger partial charge on any atom is 0.143 e. The molecule has 1 aliphatic rings. The number of aryl methyl sites for hydroxylation is 1. The van der Waals surface area contributed by atoms with E-state index in [2.05, 4.69) is 41.8 Å². The Morgan fingerprint density at radius 2 is 1.94 bits per heavy atom. The van der Waals surface area contributed by atoms with Crippen LogP contribution in [0, 0.1) is 3.57 Å². The van der Waals surface area contributed by atoms with Gasteiger partial charge in [-0.05, 0) is 48.8 Å². The molecule has 1 heterocycles. The molecule has 17 heavy (non-hydrogen) atoms. The predicted molar refractivity (Wildman–Crippen MR) is 79.5 cm³/mol. The first kappa shape index (κ1) is 13.1. The van der Waals surface area contributed by atoms with E-state index in [4.69, 9.17) is 9.97 Å². The second kappa shape index (κ2) is 5.98. The van der Waals surface area contributed by atoms with Gasteiger partial charge in [-0.15, -0.1) is 0 Å². The molecule has 2 rings (SSSR count). The summed E-state index contributed by atoms with van der Waals surface area (Å²) in [7, 11) is 0. The number of aromatic nitrogens is 2. The Bertz CT molecular complexity index is 386. The summed E-state index contributed by atoms with van der Waals surface area (Å²) in [6, 6.07) is 0. The van der Waals surface area contributed by atoms with Crippen LogP contribution in [-0.2, 0) is 6.42 Å². The van der Waals surface area contributed by atoms with Crippen LogP contribution in [0.25, 0.3) is 0 Å². The monoisotopic (exact) mass is 345 g/mol. The van der Waals surface area contributed by atoms with Crippen LogP contribution in [0.1, 0.15) is 57.0 Å². The van der Waals surface area contributed by atoms with Crippen molar-refractivity contribution >= 4 is 28.4 Å². The minimum atomic E-state index is 0.592. The number of hydrogen-bond acceptors (Lipinski definition) is 3. The zero-order valence-electron chi connectivity index (χ0n) is 10.6. The van der Waals surface area contributed by atoms with Gasteiger partial charge in [-0.25, -0.2) is 9.97 Å². The molecule has 0 radical (unpaired) electrons. The van der Waals surface area contributed by atoms with Crippen molar-refractivity contribution in [3.05, 3.63) is 15.1 Å². The zero-order valence-corrected chi connectivity index (χ0v) is 12.7. The summed E-state index contributed by atoms with van der Waals surface area (Å²) in [5.74, 6) is 2.69. The normalized spacial score (nSPS) is 16.4. The summed E-state index contributed by atoms with van der Waals surface area (Å²) < 4.78 is 1.19. The van der Waals surface area contributed by atoms with E-state index in [0.29, 0.717) is 5.92 Å². The highest BCUT2D eigenvalue weighted by atomic mass is 127. The average Bonchev–Trinajstić information content (AvgIpc) is 2.85. The standard InChI is InChI=1S/C13H20IN3/c1-3-10-11(14)13(15-4-2)17-12(16-10)9-7-5-6-8-9/h9H,3-8H2,1-2H3,(H,15,16,17). The van der Waals surface area contributed by atoms with Crippen molar-refractivity contribution in [1.29, 1.82) is 0 Å². The molecule has 0 saturated heterocycles. The van der Waals surface area contributed by atoms with Crippen LogP contribution in [0.3, 0.4) is 0 Å². The van der Waals surface area contributed by atoms with Crippen molar-refractivity contribution in [2.24, 2.45) is 0 Å². The number of nitrogens with one attached hydrogen (secondary N) is 1. The highest BCUT2D eigenvalue weighted by Gasteiger charge is 2.22. The molecule has 1 aliphatic carbocycles. The van der Waals surface area contributed by atoms with E-state index in [0.717, 1.165) is 24.6 Å². The van der Waals surface area contributed by atoms with Crippen LogP contribution in [0.15, 0.2) is 0 Å². The van der Waals surface area contributed by atoms with Gasteiger partial charge < -0.3 is 5.32 Å². The third-order valence-corrected chi connectivity index (χ3v) is 4.47. The molecule has 1 aromatic rings. The van der Waals surface area contributed by atoms with Gasteiger partial charge in [0.15, 0.2) is 0 Å². The Kier molecular flexibility index (Phi) is 4.59. The molecular formula is C13H20IN3. The fourth-order valence-corrected chi connectivity index (χ4v) is 3.21. The number of halogens is 1. The van der Waals surface area contributed by atoms with Gasteiger partial charge in [0, 0.05) is 12.5 Å². The lowest BCUT2D eigenvalue weighted by Crippen LogP contribution is -2.11. The van der Waals surface area contributed by atoms with Crippen LogP contribution in [0.4, 0.5) is 5.82 Å². The van der Waals surface area contributed by atoms with Gasteiger partial charge in [0.1, 0.15) is 11.6 Å². The van der Waals surface area contributed by atoms with Crippen molar-refractivity contribution in [2.45, 2.75) is 51.9 Å². The van der Waals surface area contributed by atoms with E-state index >= 15 is 0 Å². The lowest BCUT2D eigenvalue weighted by Gasteiger charge is -2.14. The van der Waals surface area contributed by atoms with Crippen molar-refractivity contribution in [2.75, 3.05) is 11.9 Å².